The van der Waals surface area contributed by atoms with Crippen LogP contribution < -0.4 is 4.74 Å². The summed E-state index contributed by atoms with van der Waals surface area (Å²) in [7, 11) is 1.56. The molecule has 3 nitrogen and oxygen atoms in total. The predicted molar refractivity (Wildman–Crippen MR) is 61.0 cm³/mol. The van der Waals surface area contributed by atoms with Gasteiger partial charge in [0.25, 0.3) is 0 Å². The van der Waals surface area contributed by atoms with E-state index in [0.29, 0.717) is 11.3 Å². The van der Waals surface area contributed by atoms with Gasteiger partial charge in [0.1, 0.15) is 5.75 Å². The van der Waals surface area contributed by atoms with Crippen molar-refractivity contribution in [3.63, 3.8) is 0 Å². The standard InChI is InChI=1S/C13H16O3/c1-16-12-7-10(5-4-9-2-3-9)6-11(8-12)13(14)15/h6-9H,2-5H2,1H3,(H,14,15). The van der Waals surface area contributed by atoms with Gasteiger partial charge in [0.05, 0.1) is 12.7 Å². The summed E-state index contributed by atoms with van der Waals surface area (Å²) in [6.45, 7) is 0. The molecule has 1 aromatic carbocycles. The van der Waals surface area contributed by atoms with Gasteiger partial charge in [-0.2, -0.15) is 0 Å². The molecule has 2 rings (SSSR count). The van der Waals surface area contributed by atoms with Crippen molar-refractivity contribution in [3.8, 4) is 5.75 Å². The monoisotopic (exact) mass is 220 g/mol. The number of rotatable bonds is 5. The SMILES string of the molecule is COc1cc(CCC2CC2)cc(C(=O)O)c1. The van der Waals surface area contributed by atoms with E-state index >= 15 is 0 Å². The van der Waals surface area contributed by atoms with Gasteiger partial charge in [-0.05, 0) is 42.5 Å². The summed E-state index contributed by atoms with van der Waals surface area (Å²) in [4.78, 5) is 10.9. The summed E-state index contributed by atoms with van der Waals surface area (Å²) in [6, 6.07) is 5.23. The average molecular weight is 220 g/mol. The lowest BCUT2D eigenvalue weighted by molar-refractivity contribution is 0.0696. The van der Waals surface area contributed by atoms with Crippen LogP contribution in [-0.4, -0.2) is 18.2 Å². The van der Waals surface area contributed by atoms with Crippen LogP contribution in [0.1, 0.15) is 35.2 Å². The highest BCUT2D eigenvalue weighted by Crippen LogP contribution is 2.33. The topological polar surface area (TPSA) is 46.5 Å². The normalized spacial score (nSPS) is 14.8. The van der Waals surface area contributed by atoms with Crippen LogP contribution in [0.2, 0.25) is 0 Å². The Morgan fingerprint density at radius 1 is 1.44 bits per heavy atom. The van der Waals surface area contributed by atoms with Gasteiger partial charge in [0.15, 0.2) is 0 Å². The molecule has 16 heavy (non-hydrogen) atoms. The Bertz CT molecular complexity index is 394. The van der Waals surface area contributed by atoms with Gasteiger partial charge >= 0.3 is 5.97 Å². The molecule has 1 fully saturated rings. The number of hydrogen-bond acceptors (Lipinski definition) is 2. The molecule has 0 aliphatic heterocycles. The summed E-state index contributed by atoms with van der Waals surface area (Å²) < 4.78 is 5.10. The quantitative estimate of drug-likeness (QED) is 0.829. The lowest BCUT2D eigenvalue weighted by Gasteiger charge is -2.06. The van der Waals surface area contributed by atoms with Crippen LogP contribution in [0.25, 0.3) is 0 Å². The van der Waals surface area contributed by atoms with Gasteiger partial charge in [-0.25, -0.2) is 4.79 Å². The summed E-state index contributed by atoms with van der Waals surface area (Å²) in [5, 5.41) is 8.96. The fourth-order valence-corrected chi connectivity index (χ4v) is 1.82. The third-order valence-corrected chi connectivity index (χ3v) is 2.99. The molecule has 0 saturated heterocycles. The van der Waals surface area contributed by atoms with E-state index in [1.54, 1.807) is 19.2 Å². The van der Waals surface area contributed by atoms with Crippen molar-refractivity contribution in [2.45, 2.75) is 25.7 Å². The van der Waals surface area contributed by atoms with Crippen LogP contribution in [0, 0.1) is 5.92 Å². The van der Waals surface area contributed by atoms with Crippen LogP contribution in [0.3, 0.4) is 0 Å². The lowest BCUT2D eigenvalue weighted by Crippen LogP contribution is -1.99. The predicted octanol–water partition coefficient (Wildman–Crippen LogP) is 2.74. The molecule has 1 N–H and O–H groups in total. The Morgan fingerprint density at radius 3 is 2.75 bits per heavy atom. The highest BCUT2D eigenvalue weighted by Gasteiger charge is 2.20. The molecule has 0 atom stereocenters. The Hall–Kier alpha value is -1.51. The first kappa shape index (κ1) is 11.0. The Kier molecular flexibility index (Phi) is 3.13. The van der Waals surface area contributed by atoms with E-state index in [1.165, 1.54) is 12.8 Å². The van der Waals surface area contributed by atoms with Gasteiger partial charge in [-0.1, -0.05) is 12.8 Å². The highest BCUT2D eigenvalue weighted by molar-refractivity contribution is 5.88. The molecule has 3 heteroatoms. The zero-order valence-electron chi connectivity index (χ0n) is 9.40. The Balaban J connectivity index is 2.14. The molecule has 0 bridgehead atoms. The molecule has 0 unspecified atom stereocenters. The van der Waals surface area contributed by atoms with E-state index in [0.717, 1.165) is 24.3 Å². The molecule has 1 aromatic rings. The van der Waals surface area contributed by atoms with Crippen LogP contribution in [0.5, 0.6) is 5.75 Å². The second-order valence-electron chi connectivity index (χ2n) is 4.36. The molecule has 0 amide bonds. The van der Waals surface area contributed by atoms with Crippen LogP contribution in [0.4, 0.5) is 0 Å². The zero-order chi connectivity index (χ0) is 11.5. The summed E-state index contributed by atoms with van der Waals surface area (Å²) >= 11 is 0. The van der Waals surface area contributed by atoms with E-state index in [4.69, 9.17) is 9.84 Å². The van der Waals surface area contributed by atoms with Crippen molar-refractivity contribution in [1.29, 1.82) is 0 Å². The maximum absolute atomic E-state index is 10.9. The second-order valence-corrected chi connectivity index (χ2v) is 4.36. The van der Waals surface area contributed by atoms with E-state index < -0.39 is 5.97 Å². The number of carboxylic acids is 1. The van der Waals surface area contributed by atoms with E-state index in [9.17, 15) is 4.79 Å². The van der Waals surface area contributed by atoms with Gasteiger partial charge in [-0.15, -0.1) is 0 Å². The summed E-state index contributed by atoms with van der Waals surface area (Å²) in [6.07, 6.45) is 4.76. The molecule has 86 valence electrons. The number of ether oxygens (including phenoxy) is 1. The number of methoxy groups -OCH3 is 1. The fourth-order valence-electron chi connectivity index (χ4n) is 1.82. The van der Waals surface area contributed by atoms with Gasteiger partial charge in [0.2, 0.25) is 0 Å². The zero-order valence-corrected chi connectivity index (χ0v) is 9.40. The number of hydrogen-bond donors (Lipinski definition) is 1. The molecule has 1 aliphatic carbocycles. The summed E-state index contributed by atoms with van der Waals surface area (Å²) in [5.41, 5.74) is 1.37. The van der Waals surface area contributed by atoms with Crippen molar-refractivity contribution in [2.24, 2.45) is 5.92 Å². The second kappa shape index (κ2) is 4.56. The number of benzene rings is 1. The number of carboxylic acid groups (broad SMARTS) is 1. The molecular weight excluding hydrogens is 204 g/mol. The minimum Gasteiger partial charge on any atom is -0.497 e. The minimum absolute atomic E-state index is 0.310. The van der Waals surface area contributed by atoms with Crippen molar-refractivity contribution >= 4 is 5.97 Å². The van der Waals surface area contributed by atoms with Crippen molar-refractivity contribution in [1.82, 2.24) is 0 Å². The molecular formula is C13H16O3. The molecule has 0 aromatic heterocycles. The largest absolute Gasteiger partial charge is 0.497 e. The lowest BCUT2D eigenvalue weighted by atomic mass is 10.0. The van der Waals surface area contributed by atoms with Crippen molar-refractivity contribution < 1.29 is 14.6 Å². The highest BCUT2D eigenvalue weighted by atomic mass is 16.5. The third kappa shape index (κ3) is 2.75. The molecule has 0 heterocycles. The van der Waals surface area contributed by atoms with E-state index in [1.807, 2.05) is 6.07 Å². The first-order valence-electron chi connectivity index (χ1n) is 5.60. The summed E-state index contributed by atoms with van der Waals surface area (Å²) in [5.74, 6) is 0.594. The number of aromatic carboxylic acids is 1. The molecule has 0 radical (unpaired) electrons. The Morgan fingerprint density at radius 2 is 2.19 bits per heavy atom. The molecule has 1 saturated carbocycles. The number of carbonyl (C=O) groups is 1. The maximum atomic E-state index is 10.9. The maximum Gasteiger partial charge on any atom is 0.335 e. The van der Waals surface area contributed by atoms with E-state index in [2.05, 4.69) is 0 Å². The van der Waals surface area contributed by atoms with Crippen molar-refractivity contribution in [2.75, 3.05) is 7.11 Å². The fraction of sp³-hybridized carbons (Fsp3) is 0.462. The van der Waals surface area contributed by atoms with Gasteiger partial charge < -0.3 is 9.84 Å². The van der Waals surface area contributed by atoms with Crippen LogP contribution in [-0.2, 0) is 6.42 Å². The first-order valence-corrected chi connectivity index (χ1v) is 5.60. The van der Waals surface area contributed by atoms with Crippen molar-refractivity contribution in [3.05, 3.63) is 29.3 Å². The first-order chi connectivity index (χ1) is 7.69. The van der Waals surface area contributed by atoms with Gasteiger partial charge in [-0.3, -0.25) is 0 Å². The Labute approximate surface area is 95.0 Å². The van der Waals surface area contributed by atoms with Crippen LogP contribution in [0.15, 0.2) is 18.2 Å². The van der Waals surface area contributed by atoms with E-state index in [-0.39, 0.29) is 0 Å². The smallest absolute Gasteiger partial charge is 0.335 e. The molecule has 0 spiro atoms. The number of aryl methyl sites for hydroxylation is 1. The van der Waals surface area contributed by atoms with Crippen LogP contribution >= 0.6 is 0 Å². The minimum atomic E-state index is -0.897. The van der Waals surface area contributed by atoms with Gasteiger partial charge in [0, 0.05) is 0 Å². The third-order valence-electron chi connectivity index (χ3n) is 2.99. The average Bonchev–Trinajstić information content (AvgIpc) is 3.09. The molecule has 1 aliphatic rings.